The quantitative estimate of drug-likeness (QED) is 0.378. The first kappa shape index (κ1) is 21.4. The highest BCUT2D eigenvalue weighted by atomic mass is 32.2. The Morgan fingerprint density at radius 2 is 1.79 bits per heavy atom. The van der Waals surface area contributed by atoms with Crippen LogP contribution in [0, 0.1) is 21.8 Å². The Bertz CT molecular complexity index is 843. The number of hydrogen-bond acceptors (Lipinski definition) is 5. The Balaban J connectivity index is 1.89. The van der Waals surface area contributed by atoms with E-state index in [9.17, 15) is 24.1 Å². The third-order valence-corrected chi connectivity index (χ3v) is 5.16. The molecular formula is C19H20FN3O4S. The molecule has 28 heavy (non-hydrogen) atoms. The van der Waals surface area contributed by atoms with Gasteiger partial charge in [-0.1, -0.05) is 12.1 Å². The molecule has 7 nitrogen and oxygen atoms in total. The molecule has 0 spiro atoms. The topological polar surface area (TPSA) is 115 Å². The van der Waals surface area contributed by atoms with Gasteiger partial charge in [0.1, 0.15) is 5.82 Å². The molecule has 2 aromatic carbocycles. The van der Waals surface area contributed by atoms with E-state index in [1.165, 1.54) is 36.0 Å². The van der Waals surface area contributed by atoms with E-state index in [-0.39, 0.29) is 24.0 Å². The van der Waals surface area contributed by atoms with Crippen molar-refractivity contribution in [2.75, 3.05) is 6.54 Å². The SMILES string of the molecule is CC(Sc1ccc([N+](=O)[O-])cc1)C(=O)NCC(Cc1ccc(F)cc1)C(N)=O. The number of primary amides is 1. The average Bonchev–Trinajstić information content (AvgIpc) is 2.66. The molecule has 3 N–H and O–H groups in total. The number of carbonyl (C=O) groups excluding carboxylic acids is 2. The number of nitrogens with two attached hydrogens (primary N) is 1. The first-order valence-electron chi connectivity index (χ1n) is 8.49. The molecule has 2 rings (SSSR count). The monoisotopic (exact) mass is 405 g/mol. The van der Waals surface area contributed by atoms with E-state index in [4.69, 9.17) is 5.73 Å². The van der Waals surface area contributed by atoms with E-state index in [0.717, 1.165) is 5.56 Å². The highest BCUT2D eigenvalue weighted by molar-refractivity contribution is 8.00. The molecule has 0 saturated heterocycles. The molecule has 2 unspecified atom stereocenters. The summed E-state index contributed by atoms with van der Waals surface area (Å²) in [5.41, 5.74) is 6.14. The van der Waals surface area contributed by atoms with Crippen molar-refractivity contribution in [3.63, 3.8) is 0 Å². The summed E-state index contributed by atoms with van der Waals surface area (Å²) < 4.78 is 13.0. The molecule has 0 aliphatic rings. The number of amides is 2. The van der Waals surface area contributed by atoms with Gasteiger partial charge in [-0.2, -0.15) is 0 Å². The Morgan fingerprint density at radius 3 is 2.32 bits per heavy atom. The highest BCUT2D eigenvalue weighted by Gasteiger charge is 2.20. The number of halogens is 1. The van der Waals surface area contributed by atoms with E-state index in [0.29, 0.717) is 11.3 Å². The molecule has 0 aliphatic heterocycles. The van der Waals surface area contributed by atoms with Crippen LogP contribution >= 0.6 is 11.8 Å². The van der Waals surface area contributed by atoms with Crippen LogP contribution in [-0.4, -0.2) is 28.5 Å². The van der Waals surface area contributed by atoms with Gasteiger partial charge in [-0.05, 0) is 43.2 Å². The lowest BCUT2D eigenvalue weighted by Gasteiger charge is -2.17. The predicted molar refractivity (Wildman–Crippen MR) is 104 cm³/mol. The lowest BCUT2D eigenvalue weighted by Crippen LogP contribution is -2.40. The Kier molecular flexibility index (Phi) is 7.51. The predicted octanol–water partition coefficient (Wildman–Crippen LogP) is 2.67. The number of non-ortho nitro benzene ring substituents is 1. The second-order valence-corrected chi connectivity index (χ2v) is 7.60. The first-order valence-corrected chi connectivity index (χ1v) is 9.37. The van der Waals surface area contributed by atoms with Gasteiger partial charge in [0.25, 0.3) is 5.69 Å². The van der Waals surface area contributed by atoms with Gasteiger partial charge in [-0.25, -0.2) is 4.39 Å². The average molecular weight is 405 g/mol. The number of carbonyl (C=O) groups is 2. The van der Waals surface area contributed by atoms with Gasteiger partial charge >= 0.3 is 0 Å². The van der Waals surface area contributed by atoms with Crippen LogP contribution in [0.25, 0.3) is 0 Å². The van der Waals surface area contributed by atoms with Gasteiger partial charge in [0.2, 0.25) is 11.8 Å². The number of nitrogens with one attached hydrogen (secondary N) is 1. The van der Waals surface area contributed by atoms with Crippen LogP contribution in [-0.2, 0) is 16.0 Å². The van der Waals surface area contributed by atoms with Crippen LogP contribution in [0.3, 0.4) is 0 Å². The lowest BCUT2D eigenvalue weighted by molar-refractivity contribution is -0.384. The van der Waals surface area contributed by atoms with Crippen molar-refractivity contribution in [2.24, 2.45) is 11.7 Å². The second kappa shape index (κ2) is 9.84. The maximum atomic E-state index is 13.0. The summed E-state index contributed by atoms with van der Waals surface area (Å²) in [6.45, 7) is 1.76. The number of thioether (sulfide) groups is 1. The maximum absolute atomic E-state index is 13.0. The number of nitro benzene ring substituents is 1. The maximum Gasteiger partial charge on any atom is 0.269 e. The number of nitro groups is 1. The summed E-state index contributed by atoms with van der Waals surface area (Å²) in [4.78, 5) is 34.9. The van der Waals surface area contributed by atoms with E-state index < -0.39 is 22.0 Å². The molecule has 0 aliphatic carbocycles. The molecule has 2 atom stereocenters. The number of hydrogen-bond donors (Lipinski definition) is 2. The summed E-state index contributed by atoms with van der Waals surface area (Å²) in [5.74, 6) is -1.83. The molecule has 0 fully saturated rings. The van der Waals surface area contributed by atoms with Crippen LogP contribution in [0.1, 0.15) is 12.5 Å². The van der Waals surface area contributed by atoms with Gasteiger partial charge in [-0.15, -0.1) is 11.8 Å². The minimum absolute atomic E-state index is 0.0217. The Morgan fingerprint density at radius 1 is 1.18 bits per heavy atom. The first-order chi connectivity index (χ1) is 13.3. The van der Waals surface area contributed by atoms with Crippen LogP contribution in [0.4, 0.5) is 10.1 Å². The van der Waals surface area contributed by atoms with Gasteiger partial charge in [0.15, 0.2) is 0 Å². The lowest BCUT2D eigenvalue weighted by atomic mass is 9.98. The summed E-state index contributed by atoms with van der Waals surface area (Å²) >= 11 is 1.25. The van der Waals surface area contributed by atoms with E-state index in [2.05, 4.69) is 5.32 Å². The Hall–Kier alpha value is -2.94. The third-order valence-electron chi connectivity index (χ3n) is 4.05. The summed E-state index contributed by atoms with van der Waals surface area (Å²) in [5, 5.41) is 12.9. The standard InChI is InChI=1S/C19H20FN3O4S/c1-12(28-17-8-6-16(7-9-17)23(26)27)19(25)22-11-14(18(21)24)10-13-2-4-15(20)5-3-13/h2-9,12,14H,10-11H2,1H3,(H2,21,24)(H,22,25). The minimum atomic E-state index is -0.619. The van der Waals surface area contributed by atoms with Gasteiger partial charge in [-0.3, -0.25) is 19.7 Å². The second-order valence-electron chi connectivity index (χ2n) is 6.19. The summed E-state index contributed by atoms with van der Waals surface area (Å²) in [7, 11) is 0. The van der Waals surface area contributed by atoms with Crippen LogP contribution in [0.5, 0.6) is 0 Å². The van der Waals surface area contributed by atoms with Crippen molar-refractivity contribution >= 4 is 29.3 Å². The number of benzene rings is 2. The largest absolute Gasteiger partial charge is 0.369 e. The third kappa shape index (κ3) is 6.34. The fourth-order valence-corrected chi connectivity index (χ4v) is 3.34. The number of rotatable bonds is 9. The molecule has 2 aromatic rings. The molecular weight excluding hydrogens is 385 g/mol. The van der Waals surface area contributed by atoms with Crippen LogP contribution in [0.15, 0.2) is 53.4 Å². The van der Waals surface area contributed by atoms with E-state index >= 15 is 0 Å². The highest BCUT2D eigenvalue weighted by Crippen LogP contribution is 2.25. The fraction of sp³-hybridized carbons (Fsp3) is 0.263. The molecule has 0 aromatic heterocycles. The zero-order valence-electron chi connectivity index (χ0n) is 15.1. The molecule has 0 radical (unpaired) electrons. The van der Waals surface area contributed by atoms with Gasteiger partial charge in [0.05, 0.1) is 16.1 Å². The normalized spacial score (nSPS) is 12.8. The van der Waals surface area contributed by atoms with Crippen LogP contribution < -0.4 is 11.1 Å². The molecule has 9 heteroatoms. The molecule has 0 saturated carbocycles. The zero-order valence-corrected chi connectivity index (χ0v) is 15.9. The van der Waals surface area contributed by atoms with Crippen molar-refractivity contribution in [3.8, 4) is 0 Å². The smallest absolute Gasteiger partial charge is 0.269 e. The van der Waals surface area contributed by atoms with Gasteiger partial charge < -0.3 is 11.1 Å². The van der Waals surface area contributed by atoms with E-state index in [1.807, 2.05) is 0 Å². The molecule has 0 heterocycles. The zero-order chi connectivity index (χ0) is 20.7. The Labute approximate surface area is 165 Å². The van der Waals surface area contributed by atoms with Crippen LogP contribution in [0.2, 0.25) is 0 Å². The fourth-order valence-electron chi connectivity index (χ4n) is 2.45. The molecule has 2 amide bonds. The van der Waals surface area contributed by atoms with E-state index in [1.54, 1.807) is 31.2 Å². The van der Waals surface area contributed by atoms with Crippen molar-refractivity contribution < 1.29 is 18.9 Å². The van der Waals surface area contributed by atoms with Crippen molar-refractivity contribution in [1.29, 1.82) is 0 Å². The summed E-state index contributed by atoms with van der Waals surface area (Å²) in [6.07, 6.45) is 0.291. The molecule has 148 valence electrons. The summed E-state index contributed by atoms with van der Waals surface area (Å²) in [6, 6.07) is 11.6. The number of nitrogens with zero attached hydrogens (tertiary/aromatic N) is 1. The van der Waals surface area contributed by atoms with Crippen molar-refractivity contribution in [2.45, 2.75) is 23.5 Å². The van der Waals surface area contributed by atoms with Crippen molar-refractivity contribution in [1.82, 2.24) is 5.32 Å². The van der Waals surface area contributed by atoms with Crippen molar-refractivity contribution in [3.05, 3.63) is 70.0 Å². The van der Waals surface area contributed by atoms with Gasteiger partial charge in [0, 0.05) is 23.6 Å². The minimum Gasteiger partial charge on any atom is -0.369 e. The molecule has 0 bridgehead atoms.